The number of fused-ring (bicyclic) bond motifs is 2. The van der Waals surface area contributed by atoms with Crippen molar-refractivity contribution in [2.45, 2.75) is 25.3 Å². The number of anilines is 1. The number of para-hydroxylation sites is 1. The molecule has 0 spiro atoms. The maximum Gasteiger partial charge on any atom is 0.0828 e. The van der Waals surface area contributed by atoms with Gasteiger partial charge in [0.15, 0.2) is 0 Å². The normalized spacial score (nSPS) is 30.7. The number of nitrogens with zero attached hydrogens (tertiary/aromatic N) is 2. The van der Waals surface area contributed by atoms with Gasteiger partial charge in [-0.1, -0.05) is 29.4 Å². The van der Waals surface area contributed by atoms with Crippen molar-refractivity contribution in [2.75, 3.05) is 11.4 Å². The van der Waals surface area contributed by atoms with Crippen LogP contribution in [0.1, 0.15) is 19.3 Å². The summed E-state index contributed by atoms with van der Waals surface area (Å²) in [5, 5.41) is 13.0. The Kier molecular flexibility index (Phi) is 3.28. The molecule has 0 heterocycles. The lowest BCUT2D eigenvalue weighted by atomic mass is 9.91. The lowest BCUT2D eigenvalue weighted by Gasteiger charge is -2.36. The summed E-state index contributed by atoms with van der Waals surface area (Å²) in [6.45, 7) is 4.65. The van der Waals surface area contributed by atoms with E-state index >= 15 is 0 Å². The molecule has 0 aliphatic heterocycles. The Bertz CT molecular complexity index is 483. The van der Waals surface area contributed by atoms with Gasteiger partial charge in [-0.3, -0.25) is 0 Å². The molecule has 0 unspecified atom stereocenters. The second kappa shape index (κ2) is 5.08. The van der Waals surface area contributed by atoms with Crippen LogP contribution in [0.25, 0.3) is 0 Å². The van der Waals surface area contributed by atoms with E-state index in [9.17, 15) is 5.21 Å². The monoisotopic (exact) mass is 256 g/mol. The van der Waals surface area contributed by atoms with Crippen LogP contribution < -0.4 is 4.90 Å². The number of benzene rings is 1. The van der Waals surface area contributed by atoms with Crippen LogP contribution in [-0.4, -0.2) is 23.5 Å². The van der Waals surface area contributed by atoms with E-state index in [1.807, 2.05) is 24.3 Å². The van der Waals surface area contributed by atoms with E-state index in [0.717, 1.165) is 12.3 Å². The Balaban J connectivity index is 1.94. The molecule has 0 saturated heterocycles. The maximum absolute atomic E-state index is 9.36. The van der Waals surface area contributed by atoms with Crippen LogP contribution >= 0.6 is 0 Å². The van der Waals surface area contributed by atoms with Crippen molar-refractivity contribution in [2.24, 2.45) is 17.0 Å². The van der Waals surface area contributed by atoms with Crippen LogP contribution in [0.2, 0.25) is 0 Å². The van der Waals surface area contributed by atoms with E-state index in [4.69, 9.17) is 0 Å². The molecule has 3 heteroatoms. The van der Waals surface area contributed by atoms with Gasteiger partial charge in [-0.05, 0) is 37.3 Å². The predicted octanol–water partition coefficient (Wildman–Crippen LogP) is 3.31. The molecule has 0 radical (unpaired) electrons. The predicted molar refractivity (Wildman–Crippen MR) is 77.8 cm³/mol. The lowest BCUT2D eigenvalue weighted by Crippen LogP contribution is -2.45. The first-order valence-corrected chi connectivity index (χ1v) is 6.99. The van der Waals surface area contributed by atoms with Gasteiger partial charge in [0.05, 0.1) is 11.8 Å². The van der Waals surface area contributed by atoms with Crippen LogP contribution in [0.4, 0.5) is 5.69 Å². The van der Waals surface area contributed by atoms with E-state index in [-0.39, 0.29) is 6.04 Å². The highest BCUT2D eigenvalue weighted by molar-refractivity contribution is 5.97. The summed E-state index contributed by atoms with van der Waals surface area (Å²) in [5.41, 5.74) is 2.16. The summed E-state index contributed by atoms with van der Waals surface area (Å²) in [5.74, 6) is 1.10. The van der Waals surface area contributed by atoms with Gasteiger partial charge in [-0.15, -0.1) is 6.58 Å². The first-order valence-electron chi connectivity index (χ1n) is 6.99. The molecule has 2 aliphatic rings. The Morgan fingerprint density at radius 2 is 2.11 bits per heavy atom. The molecule has 1 aromatic rings. The molecule has 2 aliphatic carbocycles. The Morgan fingerprint density at radius 1 is 1.32 bits per heavy atom. The summed E-state index contributed by atoms with van der Waals surface area (Å²) in [6, 6.07) is 10.6. The Morgan fingerprint density at radius 3 is 2.79 bits per heavy atom. The Hall–Kier alpha value is -1.77. The molecule has 3 atom stereocenters. The average Bonchev–Trinajstić information content (AvgIpc) is 3.06. The van der Waals surface area contributed by atoms with Gasteiger partial charge in [0.25, 0.3) is 0 Å². The summed E-state index contributed by atoms with van der Waals surface area (Å²) in [6.07, 6.45) is 5.52. The molecule has 3 rings (SSSR count). The fraction of sp³-hybridized carbons (Fsp3) is 0.438. The third-order valence-electron chi connectivity index (χ3n) is 4.51. The van der Waals surface area contributed by atoms with Crippen LogP contribution in [-0.2, 0) is 0 Å². The maximum atomic E-state index is 9.36. The first kappa shape index (κ1) is 12.3. The lowest BCUT2D eigenvalue weighted by molar-refractivity contribution is 0.311. The molecule has 2 fully saturated rings. The molecule has 2 bridgehead atoms. The summed E-state index contributed by atoms with van der Waals surface area (Å²) in [4.78, 5) is 2.33. The summed E-state index contributed by atoms with van der Waals surface area (Å²) >= 11 is 0. The highest BCUT2D eigenvalue weighted by atomic mass is 16.4. The zero-order chi connectivity index (χ0) is 13.2. The number of rotatable bonds is 4. The van der Waals surface area contributed by atoms with E-state index in [1.54, 1.807) is 0 Å². The molecule has 3 nitrogen and oxygen atoms in total. The highest BCUT2D eigenvalue weighted by Gasteiger charge is 2.48. The van der Waals surface area contributed by atoms with Crippen molar-refractivity contribution in [1.82, 2.24) is 0 Å². The van der Waals surface area contributed by atoms with Crippen molar-refractivity contribution in [1.29, 1.82) is 0 Å². The summed E-state index contributed by atoms with van der Waals surface area (Å²) < 4.78 is 0. The molecular formula is C16H20N2O. The number of hydrogen-bond acceptors (Lipinski definition) is 3. The van der Waals surface area contributed by atoms with Crippen molar-refractivity contribution < 1.29 is 5.21 Å². The van der Waals surface area contributed by atoms with E-state index in [2.05, 4.69) is 28.8 Å². The quantitative estimate of drug-likeness (QED) is 0.509. The minimum absolute atomic E-state index is 0.240. The standard InChI is InChI=1S/C16H20N2O/c1-2-10-18(14-6-4-3-5-7-14)16-13-9-8-12(11-13)15(16)17-19/h2-7,12-13,16,19H,1,8-11H2/b17-15-/t12-,13-,16+/m0/s1. The molecule has 2 saturated carbocycles. The highest BCUT2D eigenvalue weighted by Crippen LogP contribution is 2.45. The van der Waals surface area contributed by atoms with Crippen LogP contribution in [0.5, 0.6) is 0 Å². The molecule has 0 aromatic heterocycles. The van der Waals surface area contributed by atoms with Crippen LogP contribution in [0.15, 0.2) is 48.1 Å². The van der Waals surface area contributed by atoms with E-state index < -0.39 is 0 Å². The van der Waals surface area contributed by atoms with Gasteiger partial charge in [0.1, 0.15) is 0 Å². The fourth-order valence-electron chi connectivity index (χ4n) is 3.75. The molecular weight excluding hydrogens is 236 g/mol. The molecule has 1 N–H and O–H groups in total. The summed E-state index contributed by atoms with van der Waals surface area (Å²) in [7, 11) is 0. The third-order valence-corrected chi connectivity index (χ3v) is 4.51. The molecule has 100 valence electrons. The smallest absolute Gasteiger partial charge is 0.0828 e. The average molecular weight is 256 g/mol. The van der Waals surface area contributed by atoms with Gasteiger partial charge < -0.3 is 10.1 Å². The van der Waals surface area contributed by atoms with Crippen molar-refractivity contribution in [3.63, 3.8) is 0 Å². The molecule has 0 amide bonds. The number of oxime groups is 1. The SMILES string of the molecule is C=CCN(c1ccccc1)[C@H]1/C(=N\O)[C@H]2CC[C@H]1C2. The van der Waals surface area contributed by atoms with Gasteiger partial charge in [-0.25, -0.2) is 0 Å². The minimum Gasteiger partial charge on any atom is -0.411 e. The minimum atomic E-state index is 0.240. The number of hydrogen-bond donors (Lipinski definition) is 1. The topological polar surface area (TPSA) is 35.8 Å². The third kappa shape index (κ3) is 2.03. The first-order chi connectivity index (χ1) is 9.35. The van der Waals surface area contributed by atoms with Crippen molar-refractivity contribution >= 4 is 11.4 Å². The van der Waals surface area contributed by atoms with Gasteiger partial charge >= 0.3 is 0 Å². The second-order valence-electron chi connectivity index (χ2n) is 5.52. The Labute approximate surface area is 114 Å². The zero-order valence-corrected chi connectivity index (χ0v) is 11.1. The van der Waals surface area contributed by atoms with Gasteiger partial charge in [0.2, 0.25) is 0 Å². The van der Waals surface area contributed by atoms with Gasteiger partial charge in [0, 0.05) is 18.2 Å². The molecule has 1 aromatic carbocycles. The zero-order valence-electron chi connectivity index (χ0n) is 11.1. The van der Waals surface area contributed by atoms with Gasteiger partial charge in [-0.2, -0.15) is 0 Å². The van der Waals surface area contributed by atoms with E-state index in [0.29, 0.717) is 11.8 Å². The van der Waals surface area contributed by atoms with E-state index in [1.165, 1.54) is 24.9 Å². The largest absolute Gasteiger partial charge is 0.411 e. The second-order valence-corrected chi connectivity index (χ2v) is 5.52. The fourth-order valence-corrected chi connectivity index (χ4v) is 3.75. The van der Waals surface area contributed by atoms with Crippen LogP contribution in [0, 0.1) is 11.8 Å². The van der Waals surface area contributed by atoms with Crippen molar-refractivity contribution in [3.8, 4) is 0 Å². The molecule has 19 heavy (non-hydrogen) atoms. The van der Waals surface area contributed by atoms with Crippen LogP contribution in [0.3, 0.4) is 0 Å². The van der Waals surface area contributed by atoms with Crippen molar-refractivity contribution in [3.05, 3.63) is 43.0 Å².